The molecule has 2 fully saturated rings. The third-order valence-electron chi connectivity index (χ3n) is 8.18. The van der Waals surface area contributed by atoms with Crippen molar-refractivity contribution in [2.45, 2.75) is 31.7 Å². The predicted octanol–water partition coefficient (Wildman–Crippen LogP) is 2.53. The number of rotatable bonds is 10. The first-order chi connectivity index (χ1) is 21.7. The highest BCUT2D eigenvalue weighted by molar-refractivity contribution is 5.92. The number of urea groups is 1. The zero-order valence-electron chi connectivity index (χ0n) is 25.2. The van der Waals surface area contributed by atoms with Crippen LogP contribution in [0.3, 0.4) is 0 Å². The molecule has 0 unspecified atom stereocenters. The van der Waals surface area contributed by atoms with Gasteiger partial charge in [-0.1, -0.05) is 79.2 Å². The van der Waals surface area contributed by atoms with Gasteiger partial charge in [0.25, 0.3) is 0 Å². The zero-order chi connectivity index (χ0) is 32.1. The Bertz CT molecular complexity index is 1600. The average molecular weight is 608 g/mol. The van der Waals surface area contributed by atoms with E-state index in [2.05, 4.69) is 17.8 Å². The van der Waals surface area contributed by atoms with Crippen molar-refractivity contribution in [2.75, 3.05) is 31.7 Å². The molecule has 2 atom stereocenters. The molecule has 2 saturated heterocycles. The van der Waals surface area contributed by atoms with E-state index < -0.39 is 12.2 Å². The first-order valence-electron chi connectivity index (χ1n) is 14.6. The van der Waals surface area contributed by atoms with E-state index in [0.717, 1.165) is 22.3 Å². The number of terminal acetylenes is 1. The number of hydrogen-bond acceptors (Lipinski definition) is 7. The summed E-state index contributed by atoms with van der Waals surface area (Å²) in [6, 6.07) is 20.5. The second-order valence-electron chi connectivity index (χ2n) is 11.0. The van der Waals surface area contributed by atoms with E-state index >= 15 is 0 Å². The number of benzene rings is 3. The van der Waals surface area contributed by atoms with Crippen LogP contribution in [0.5, 0.6) is 5.75 Å². The number of nitrogens with zero attached hydrogens (tertiary/aromatic N) is 5. The number of phenols is 1. The Hall–Kier alpha value is -5.31. The summed E-state index contributed by atoms with van der Waals surface area (Å²) in [5.74, 6) is 8.51. The first kappa shape index (κ1) is 31.1. The summed E-state index contributed by atoms with van der Waals surface area (Å²) in [6.07, 6.45) is 6.87. The zero-order valence-corrected chi connectivity index (χ0v) is 25.2. The fourth-order valence-corrected chi connectivity index (χ4v) is 5.95. The maximum Gasteiger partial charge on any atom is 0.332 e. The molecule has 0 saturated carbocycles. The molecule has 0 aromatic heterocycles. The summed E-state index contributed by atoms with van der Waals surface area (Å²) in [7, 11) is 1.62. The summed E-state index contributed by atoms with van der Waals surface area (Å²) in [5.41, 5.74) is 3.92. The van der Waals surface area contributed by atoms with Gasteiger partial charge in [-0.3, -0.25) is 19.6 Å². The van der Waals surface area contributed by atoms with E-state index in [-0.39, 0.29) is 56.2 Å². The number of anilines is 1. The maximum atomic E-state index is 14.2. The molecule has 4 amide bonds. The summed E-state index contributed by atoms with van der Waals surface area (Å²) in [4.78, 5) is 44.3. The minimum Gasteiger partial charge on any atom is -0.508 e. The van der Waals surface area contributed by atoms with Crippen molar-refractivity contribution in [1.82, 2.24) is 25.1 Å². The van der Waals surface area contributed by atoms with Gasteiger partial charge < -0.3 is 20.2 Å². The van der Waals surface area contributed by atoms with Crippen LogP contribution in [-0.2, 0) is 29.1 Å². The van der Waals surface area contributed by atoms with E-state index in [9.17, 15) is 19.5 Å². The van der Waals surface area contributed by atoms with E-state index in [4.69, 9.17) is 12.3 Å². The summed E-state index contributed by atoms with van der Waals surface area (Å²) < 4.78 is 0. The van der Waals surface area contributed by atoms with E-state index in [0.29, 0.717) is 12.2 Å². The molecule has 11 nitrogen and oxygen atoms in total. The van der Waals surface area contributed by atoms with Crippen LogP contribution < -0.4 is 16.2 Å². The molecular weight excluding hydrogens is 570 g/mol. The highest BCUT2D eigenvalue weighted by atomic mass is 16.3. The summed E-state index contributed by atoms with van der Waals surface area (Å²) >= 11 is 0. The van der Waals surface area contributed by atoms with Crippen LogP contribution in [0.15, 0.2) is 79.4 Å². The molecule has 2 heterocycles. The normalized spacial score (nSPS) is 17.9. The van der Waals surface area contributed by atoms with E-state index in [1.165, 1.54) is 10.0 Å². The average Bonchev–Trinajstić information content (AvgIpc) is 3.38. The molecule has 232 valence electrons. The molecule has 2 aliphatic rings. The van der Waals surface area contributed by atoms with Gasteiger partial charge in [0.15, 0.2) is 0 Å². The second kappa shape index (κ2) is 13.5. The molecule has 3 aromatic carbocycles. The van der Waals surface area contributed by atoms with Crippen LogP contribution >= 0.6 is 0 Å². The third kappa shape index (κ3) is 6.62. The quantitative estimate of drug-likeness (QED) is 0.184. The van der Waals surface area contributed by atoms with Crippen molar-refractivity contribution in [3.8, 4) is 18.1 Å². The number of aromatic hydroxyl groups is 1. The number of phenolic OH excluding ortho intramolecular Hbond substituents is 1. The van der Waals surface area contributed by atoms with Crippen LogP contribution in [0.25, 0.3) is 6.08 Å². The molecule has 45 heavy (non-hydrogen) atoms. The largest absolute Gasteiger partial charge is 0.508 e. The van der Waals surface area contributed by atoms with Crippen LogP contribution in [0.1, 0.15) is 22.3 Å². The maximum absolute atomic E-state index is 14.2. The number of nitrogens with one attached hydrogen (secondary N) is 1. The number of fused-ring (bicyclic) bond motifs is 1. The highest BCUT2D eigenvalue weighted by Gasteiger charge is 2.51. The topological polar surface area (TPSA) is 126 Å². The molecule has 5 rings (SSSR count). The Kier molecular flexibility index (Phi) is 9.37. The second-order valence-corrected chi connectivity index (χ2v) is 11.0. The van der Waals surface area contributed by atoms with Gasteiger partial charge in [0.2, 0.25) is 11.8 Å². The lowest BCUT2D eigenvalue weighted by atomic mass is 9.99. The fourth-order valence-electron chi connectivity index (χ4n) is 5.95. The van der Waals surface area contributed by atoms with Crippen LogP contribution in [0.4, 0.5) is 10.5 Å². The van der Waals surface area contributed by atoms with Crippen LogP contribution in [0.2, 0.25) is 0 Å². The van der Waals surface area contributed by atoms with Crippen molar-refractivity contribution in [1.29, 1.82) is 0 Å². The van der Waals surface area contributed by atoms with Gasteiger partial charge in [-0.25, -0.2) is 10.6 Å². The minimum atomic E-state index is -0.836. The molecule has 4 N–H and O–H groups in total. The molecule has 2 aliphatic heterocycles. The van der Waals surface area contributed by atoms with Gasteiger partial charge in [0.1, 0.15) is 18.0 Å². The first-order valence-corrected chi connectivity index (χ1v) is 14.6. The third-order valence-corrected chi connectivity index (χ3v) is 8.18. The Labute approximate surface area is 263 Å². The monoisotopic (exact) mass is 607 g/mol. The highest BCUT2D eigenvalue weighted by Crippen LogP contribution is 2.32. The predicted molar refractivity (Wildman–Crippen MR) is 172 cm³/mol. The molecular formula is C34H37N7O4. The number of carbonyl (C=O) groups excluding carboxylic acids is 3. The smallest absolute Gasteiger partial charge is 0.332 e. The Morgan fingerprint density at radius 1 is 1.11 bits per heavy atom. The number of hydrazine groups is 2. The summed E-state index contributed by atoms with van der Waals surface area (Å²) in [6.45, 7) is 4.66. The standard InChI is InChI=1S/C34H37N7O4/c1-4-18-39(35)32-26(5-2)12-9-13-27(32)21-38-22-30-40(37(3)34(45)36-20-25-10-7-6-8-11-25)23-31(43)41(30)29(33(38)44)19-24-14-16-28(42)17-15-24/h1,5-17,29-30,42H,2,18-23,35H2,3H3,(H,36,45)/t29-,30+/m0/s1. The number of amides is 4. The SMILES string of the molecule is C#CCN(N)c1c(C=C)cccc1CN1C[C@H]2N(C(=O)CN2N(C)C(=O)NCc2ccccc2)[C@@H](Cc2ccc(O)cc2)C1=O. The van der Waals surface area contributed by atoms with Gasteiger partial charge in [0, 0.05) is 26.6 Å². The lowest BCUT2D eigenvalue weighted by Crippen LogP contribution is -2.65. The van der Waals surface area contributed by atoms with Gasteiger partial charge >= 0.3 is 6.03 Å². The van der Waals surface area contributed by atoms with Crippen LogP contribution in [0, 0.1) is 12.3 Å². The van der Waals surface area contributed by atoms with Crippen molar-refractivity contribution >= 4 is 29.6 Å². The molecule has 0 aliphatic carbocycles. The number of para-hydroxylation sites is 1. The van der Waals surface area contributed by atoms with Gasteiger partial charge in [-0.15, -0.1) is 6.42 Å². The Morgan fingerprint density at radius 3 is 2.53 bits per heavy atom. The van der Waals surface area contributed by atoms with Gasteiger partial charge in [0.05, 0.1) is 25.3 Å². The number of piperazine rings is 1. The van der Waals surface area contributed by atoms with Gasteiger partial charge in [-0.2, -0.15) is 5.01 Å². The number of carbonyl (C=O) groups is 3. The Balaban J connectivity index is 1.45. The van der Waals surface area contributed by atoms with Crippen LogP contribution in [-0.4, -0.2) is 81.7 Å². The Morgan fingerprint density at radius 2 is 1.84 bits per heavy atom. The molecule has 0 bridgehead atoms. The lowest BCUT2D eigenvalue weighted by Gasteiger charge is -2.46. The summed E-state index contributed by atoms with van der Waals surface area (Å²) in [5, 5.41) is 17.3. The van der Waals surface area contributed by atoms with Crippen molar-refractivity contribution in [2.24, 2.45) is 5.84 Å². The van der Waals surface area contributed by atoms with Gasteiger partial charge in [-0.05, 0) is 34.4 Å². The molecule has 11 heteroatoms. The lowest BCUT2D eigenvalue weighted by molar-refractivity contribution is -0.157. The van der Waals surface area contributed by atoms with Crippen molar-refractivity contribution in [3.05, 3.63) is 102 Å². The van der Waals surface area contributed by atoms with E-state index in [1.807, 2.05) is 48.5 Å². The van der Waals surface area contributed by atoms with Crippen molar-refractivity contribution in [3.63, 3.8) is 0 Å². The fraction of sp³-hybridized carbons (Fsp3) is 0.265. The molecule has 3 aromatic rings. The number of nitrogens with two attached hydrogens (primary N) is 1. The van der Waals surface area contributed by atoms with E-state index in [1.54, 1.807) is 52.2 Å². The molecule has 0 radical (unpaired) electrons. The molecule has 0 spiro atoms. The number of hydrogen-bond donors (Lipinski definition) is 3. The van der Waals surface area contributed by atoms with Crippen molar-refractivity contribution < 1.29 is 19.5 Å². The minimum absolute atomic E-state index is 0.0664.